The number of anilines is 1. The maximum Gasteiger partial charge on any atom is 0.247 e. The number of amides is 1. The minimum atomic E-state index is -0.0652. The van der Waals surface area contributed by atoms with Crippen LogP contribution in [0.5, 0.6) is 5.75 Å². The number of hydrazone groups is 1. The Bertz CT molecular complexity index is 847. The third kappa shape index (κ3) is 3.83. The van der Waals surface area contributed by atoms with Crippen LogP contribution in [0.3, 0.4) is 0 Å². The summed E-state index contributed by atoms with van der Waals surface area (Å²) >= 11 is 6.33. The van der Waals surface area contributed by atoms with E-state index in [1.165, 1.54) is 5.01 Å². The van der Waals surface area contributed by atoms with Gasteiger partial charge in [-0.2, -0.15) is 5.10 Å². The molecule has 136 valence electrons. The highest BCUT2D eigenvalue weighted by molar-refractivity contribution is 6.31. The molecule has 2 N–H and O–H groups in total. The zero-order valence-corrected chi connectivity index (χ0v) is 15.7. The molecule has 3 rings (SSSR count). The Balaban J connectivity index is 1.76. The van der Waals surface area contributed by atoms with Crippen LogP contribution in [0, 0.1) is 0 Å². The molecule has 5 nitrogen and oxygen atoms in total. The lowest BCUT2D eigenvalue weighted by atomic mass is 10.0. The molecule has 0 unspecified atom stereocenters. The number of carbonyl (C=O) groups is 1. The monoisotopic (exact) mass is 371 g/mol. The summed E-state index contributed by atoms with van der Waals surface area (Å²) in [6.45, 7) is 2.62. The van der Waals surface area contributed by atoms with Crippen molar-refractivity contribution in [3.8, 4) is 5.75 Å². The molecule has 0 radical (unpaired) electrons. The third-order valence-electron chi connectivity index (χ3n) is 4.51. The number of rotatable bonds is 5. The summed E-state index contributed by atoms with van der Waals surface area (Å²) in [5.41, 5.74) is 10.1. The van der Waals surface area contributed by atoms with Crippen LogP contribution >= 0.6 is 11.6 Å². The minimum Gasteiger partial charge on any atom is -0.496 e. The fourth-order valence-electron chi connectivity index (χ4n) is 3.02. The van der Waals surface area contributed by atoms with Crippen LogP contribution < -0.4 is 10.5 Å². The summed E-state index contributed by atoms with van der Waals surface area (Å²) in [4.78, 5) is 12.7. The first kappa shape index (κ1) is 18.3. The van der Waals surface area contributed by atoms with Crippen molar-refractivity contribution in [2.45, 2.75) is 26.2 Å². The van der Waals surface area contributed by atoms with Gasteiger partial charge in [0, 0.05) is 17.1 Å². The van der Waals surface area contributed by atoms with Crippen molar-refractivity contribution < 1.29 is 9.53 Å². The summed E-state index contributed by atoms with van der Waals surface area (Å²) in [5.74, 6) is 0.683. The maximum atomic E-state index is 12.7. The molecule has 2 aromatic carbocycles. The van der Waals surface area contributed by atoms with E-state index in [1.54, 1.807) is 13.2 Å². The van der Waals surface area contributed by atoms with E-state index in [9.17, 15) is 4.79 Å². The fraction of sp³-hybridized carbons (Fsp3) is 0.300. The SMILES string of the molecule is CCc1cc(CC(=O)N2CCC(c3ccc(N)cc3)=N2)c(Cl)cc1OC. The average molecular weight is 372 g/mol. The number of hydrogen-bond donors (Lipinski definition) is 1. The number of ether oxygens (including phenoxy) is 1. The number of nitrogen functional groups attached to an aromatic ring is 1. The molecule has 0 atom stereocenters. The number of benzene rings is 2. The second-order valence-electron chi connectivity index (χ2n) is 6.22. The highest BCUT2D eigenvalue weighted by atomic mass is 35.5. The van der Waals surface area contributed by atoms with Gasteiger partial charge in [0.25, 0.3) is 0 Å². The fourth-order valence-corrected chi connectivity index (χ4v) is 3.24. The molecule has 1 heterocycles. The van der Waals surface area contributed by atoms with Gasteiger partial charge in [0.05, 0.1) is 25.8 Å². The molecule has 0 aromatic heterocycles. The third-order valence-corrected chi connectivity index (χ3v) is 4.86. The molecule has 1 aliphatic rings. The molecular formula is C20H22ClN3O2. The largest absolute Gasteiger partial charge is 0.496 e. The normalized spacial score (nSPS) is 13.7. The molecule has 0 saturated heterocycles. The van der Waals surface area contributed by atoms with Crippen LogP contribution in [0.2, 0.25) is 5.02 Å². The zero-order chi connectivity index (χ0) is 18.7. The Morgan fingerprint density at radius 3 is 2.65 bits per heavy atom. The second kappa shape index (κ2) is 7.79. The summed E-state index contributed by atoms with van der Waals surface area (Å²) in [6.07, 6.45) is 1.76. The Kier molecular flexibility index (Phi) is 5.47. The van der Waals surface area contributed by atoms with Crippen LogP contribution in [0.15, 0.2) is 41.5 Å². The lowest BCUT2D eigenvalue weighted by Crippen LogP contribution is -2.25. The number of methoxy groups -OCH3 is 1. The van der Waals surface area contributed by atoms with Crippen LogP contribution in [-0.2, 0) is 17.6 Å². The van der Waals surface area contributed by atoms with Gasteiger partial charge in [-0.25, -0.2) is 5.01 Å². The molecular weight excluding hydrogens is 350 g/mol. The average Bonchev–Trinajstić information content (AvgIpc) is 3.13. The molecule has 2 aromatic rings. The van der Waals surface area contributed by atoms with Gasteiger partial charge in [-0.3, -0.25) is 4.79 Å². The van der Waals surface area contributed by atoms with Crippen molar-refractivity contribution in [1.29, 1.82) is 0 Å². The first-order valence-electron chi connectivity index (χ1n) is 8.60. The van der Waals surface area contributed by atoms with Crippen molar-refractivity contribution in [2.75, 3.05) is 19.4 Å². The van der Waals surface area contributed by atoms with E-state index >= 15 is 0 Å². The van der Waals surface area contributed by atoms with E-state index < -0.39 is 0 Å². The highest BCUT2D eigenvalue weighted by Crippen LogP contribution is 2.28. The topological polar surface area (TPSA) is 67.9 Å². The molecule has 26 heavy (non-hydrogen) atoms. The van der Waals surface area contributed by atoms with E-state index in [4.69, 9.17) is 22.1 Å². The van der Waals surface area contributed by atoms with Crippen molar-refractivity contribution in [2.24, 2.45) is 5.10 Å². The molecule has 0 saturated carbocycles. The summed E-state index contributed by atoms with van der Waals surface area (Å²) in [7, 11) is 1.62. The van der Waals surface area contributed by atoms with Crippen LogP contribution in [0.25, 0.3) is 0 Å². The lowest BCUT2D eigenvalue weighted by Gasteiger charge is -2.14. The first-order chi connectivity index (χ1) is 12.5. The Morgan fingerprint density at radius 2 is 2.00 bits per heavy atom. The van der Waals surface area contributed by atoms with E-state index in [0.717, 1.165) is 41.0 Å². The van der Waals surface area contributed by atoms with E-state index in [0.29, 0.717) is 17.3 Å². The quantitative estimate of drug-likeness (QED) is 0.815. The van der Waals surface area contributed by atoms with Crippen molar-refractivity contribution in [3.05, 3.63) is 58.1 Å². The number of carbonyl (C=O) groups excluding carboxylic acids is 1. The molecule has 6 heteroatoms. The lowest BCUT2D eigenvalue weighted by molar-refractivity contribution is -0.130. The highest BCUT2D eigenvalue weighted by Gasteiger charge is 2.22. The van der Waals surface area contributed by atoms with E-state index in [-0.39, 0.29) is 12.3 Å². The molecule has 0 bridgehead atoms. The van der Waals surface area contributed by atoms with Crippen LogP contribution in [-0.4, -0.2) is 30.3 Å². The molecule has 1 aliphatic heterocycles. The maximum absolute atomic E-state index is 12.7. The van der Waals surface area contributed by atoms with Gasteiger partial charge in [0.15, 0.2) is 0 Å². The zero-order valence-electron chi connectivity index (χ0n) is 15.0. The second-order valence-corrected chi connectivity index (χ2v) is 6.63. The van der Waals surface area contributed by atoms with Gasteiger partial charge in [0.1, 0.15) is 5.75 Å². The van der Waals surface area contributed by atoms with Crippen molar-refractivity contribution in [3.63, 3.8) is 0 Å². The van der Waals surface area contributed by atoms with E-state index in [2.05, 4.69) is 5.10 Å². The number of aryl methyl sites for hydroxylation is 1. The number of halogens is 1. The van der Waals surface area contributed by atoms with Gasteiger partial charge < -0.3 is 10.5 Å². The molecule has 0 spiro atoms. The standard InChI is InChI=1S/C20H22ClN3O2/c1-3-13-10-15(17(21)12-19(13)26-2)11-20(25)24-9-8-18(23-24)14-4-6-16(22)7-5-14/h4-7,10,12H,3,8-9,11,22H2,1-2H3. The molecule has 1 amide bonds. The van der Waals surface area contributed by atoms with Gasteiger partial charge in [-0.15, -0.1) is 0 Å². The van der Waals surface area contributed by atoms with E-state index in [1.807, 2.05) is 37.3 Å². The summed E-state index contributed by atoms with van der Waals surface area (Å²) < 4.78 is 5.34. The van der Waals surface area contributed by atoms with Gasteiger partial charge in [-0.1, -0.05) is 36.7 Å². The molecule has 0 aliphatic carbocycles. The van der Waals surface area contributed by atoms with Crippen LogP contribution in [0.4, 0.5) is 5.69 Å². The summed E-state index contributed by atoms with van der Waals surface area (Å²) in [6, 6.07) is 11.2. The number of nitrogens with two attached hydrogens (primary N) is 1. The van der Waals surface area contributed by atoms with Gasteiger partial charge in [-0.05, 0) is 41.3 Å². The van der Waals surface area contributed by atoms with Gasteiger partial charge in [0.2, 0.25) is 5.91 Å². The smallest absolute Gasteiger partial charge is 0.247 e. The predicted molar refractivity (Wildman–Crippen MR) is 105 cm³/mol. The Labute approximate surface area is 158 Å². The van der Waals surface area contributed by atoms with Crippen LogP contribution in [0.1, 0.15) is 30.0 Å². The van der Waals surface area contributed by atoms with Crippen molar-refractivity contribution in [1.82, 2.24) is 5.01 Å². The van der Waals surface area contributed by atoms with Crippen molar-refractivity contribution >= 4 is 28.9 Å². The predicted octanol–water partition coefficient (Wildman–Crippen LogP) is 3.67. The summed E-state index contributed by atoms with van der Waals surface area (Å²) in [5, 5.41) is 6.54. The van der Waals surface area contributed by atoms with Gasteiger partial charge >= 0.3 is 0 Å². The first-order valence-corrected chi connectivity index (χ1v) is 8.98. The number of nitrogens with zero attached hydrogens (tertiary/aromatic N) is 2. The number of hydrogen-bond acceptors (Lipinski definition) is 4. The Morgan fingerprint density at radius 1 is 1.27 bits per heavy atom. The minimum absolute atomic E-state index is 0.0652. The Hall–Kier alpha value is -2.53. The molecule has 0 fully saturated rings.